The van der Waals surface area contributed by atoms with Crippen LogP contribution in [0.25, 0.3) is 0 Å². The molecule has 1 fully saturated rings. The van der Waals surface area contributed by atoms with Crippen LogP contribution in [0.3, 0.4) is 0 Å². The average Bonchev–Trinajstić information content (AvgIpc) is 2.93. The molecule has 20 heavy (non-hydrogen) atoms. The SMILES string of the molecule is CC(C)N1CC[C@H](CNC(=O)CCc2cccnc2)C1. The van der Waals surface area contributed by atoms with E-state index in [1.54, 1.807) is 6.20 Å². The molecule has 1 aliphatic rings. The van der Waals surface area contributed by atoms with Gasteiger partial charge in [0.15, 0.2) is 0 Å². The van der Waals surface area contributed by atoms with Crippen molar-refractivity contribution >= 4 is 5.91 Å². The normalized spacial score (nSPS) is 19.4. The van der Waals surface area contributed by atoms with Crippen LogP contribution in [-0.2, 0) is 11.2 Å². The van der Waals surface area contributed by atoms with Gasteiger partial charge in [0, 0.05) is 37.9 Å². The first-order chi connectivity index (χ1) is 9.65. The van der Waals surface area contributed by atoms with Gasteiger partial charge in [0.2, 0.25) is 5.91 Å². The molecule has 1 atom stereocenters. The van der Waals surface area contributed by atoms with Crippen molar-refractivity contribution in [2.75, 3.05) is 19.6 Å². The monoisotopic (exact) mass is 275 g/mol. The predicted octanol–water partition coefficient (Wildman–Crippen LogP) is 1.86. The van der Waals surface area contributed by atoms with E-state index in [0.717, 1.165) is 31.6 Å². The molecule has 0 radical (unpaired) electrons. The van der Waals surface area contributed by atoms with E-state index in [1.807, 2.05) is 18.3 Å². The van der Waals surface area contributed by atoms with E-state index in [2.05, 4.69) is 29.0 Å². The number of likely N-dealkylation sites (tertiary alicyclic amines) is 1. The minimum Gasteiger partial charge on any atom is -0.356 e. The number of nitrogens with one attached hydrogen (secondary N) is 1. The summed E-state index contributed by atoms with van der Waals surface area (Å²) >= 11 is 0. The minimum atomic E-state index is 0.150. The first-order valence-corrected chi connectivity index (χ1v) is 7.55. The van der Waals surface area contributed by atoms with Crippen LogP contribution in [0.15, 0.2) is 24.5 Å². The maximum absolute atomic E-state index is 11.8. The summed E-state index contributed by atoms with van der Waals surface area (Å²) < 4.78 is 0. The molecule has 1 aromatic heterocycles. The molecule has 1 amide bonds. The third-order valence-electron chi connectivity index (χ3n) is 4.00. The zero-order chi connectivity index (χ0) is 14.4. The smallest absolute Gasteiger partial charge is 0.220 e. The molecule has 0 bridgehead atoms. The van der Waals surface area contributed by atoms with Crippen LogP contribution in [0.1, 0.15) is 32.3 Å². The number of carbonyl (C=O) groups is 1. The quantitative estimate of drug-likeness (QED) is 0.862. The summed E-state index contributed by atoms with van der Waals surface area (Å²) in [6, 6.07) is 4.53. The first kappa shape index (κ1) is 15.0. The van der Waals surface area contributed by atoms with Crippen LogP contribution in [0.4, 0.5) is 0 Å². The van der Waals surface area contributed by atoms with Crippen molar-refractivity contribution < 1.29 is 4.79 Å². The van der Waals surface area contributed by atoms with E-state index in [4.69, 9.17) is 0 Å². The van der Waals surface area contributed by atoms with Gasteiger partial charge in [-0.3, -0.25) is 9.78 Å². The second kappa shape index (κ2) is 7.39. The third-order valence-corrected chi connectivity index (χ3v) is 4.00. The number of hydrogen-bond acceptors (Lipinski definition) is 3. The van der Waals surface area contributed by atoms with Crippen molar-refractivity contribution in [3.05, 3.63) is 30.1 Å². The Morgan fingerprint density at radius 3 is 3.05 bits per heavy atom. The predicted molar refractivity (Wildman–Crippen MR) is 80.4 cm³/mol. The lowest BCUT2D eigenvalue weighted by atomic mass is 10.1. The van der Waals surface area contributed by atoms with Crippen molar-refractivity contribution in [2.45, 2.75) is 39.2 Å². The molecule has 0 aliphatic carbocycles. The summed E-state index contributed by atoms with van der Waals surface area (Å²) in [5.74, 6) is 0.761. The maximum Gasteiger partial charge on any atom is 0.220 e. The number of nitrogens with zero attached hydrogens (tertiary/aromatic N) is 2. The number of aryl methyl sites for hydroxylation is 1. The van der Waals surface area contributed by atoms with Gasteiger partial charge in [-0.1, -0.05) is 6.07 Å². The molecule has 2 heterocycles. The Labute approximate surface area is 121 Å². The van der Waals surface area contributed by atoms with Gasteiger partial charge in [0.1, 0.15) is 0 Å². The molecule has 1 saturated heterocycles. The van der Waals surface area contributed by atoms with E-state index in [1.165, 1.54) is 6.42 Å². The van der Waals surface area contributed by atoms with Crippen LogP contribution >= 0.6 is 0 Å². The molecule has 0 spiro atoms. The number of amides is 1. The topological polar surface area (TPSA) is 45.2 Å². The molecule has 4 nitrogen and oxygen atoms in total. The van der Waals surface area contributed by atoms with Gasteiger partial charge in [-0.2, -0.15) is 0 Å². The van der Waals surface area contributed by atoms with E-state index in [9.17, 15) is 4.79 Å². The Balaban J connectivity index is 1.63. The fourth-order valence-corrected chi connectivity index (χ4v) is 2.65. The van der Waals surface area contributed by atoms with Gasteiger partial charge < -0.3 is 10.2 Å². The lowest BCUT2D eigenvalue weighted by Gasteiger charge is -2.20. The highest BCUT2D eigenvalue weighted by Gasteiger charge is 2.24. The summed E-state index contributed by atoms with van der Waals surface area (Å²) in [5.41, 5.74) is 1.12. The Kier molecular flexibility index (Phi) is 5.53. The summed E-state index contributed by atoms with van der Waals surface area (Å²) in [4.78, 5) is 18.4. The second-order valence-corrected chi connectivity index (χ2v) is 5.91. The van der Waals surface area contributed by atoms with Crippen molar-refractivity contribution in [3.63, 3.8) is 0 Å². The zero-order valence-electron chi connectivity index (χ0n) is 12.5. The Hall–Kier alpha value is -1.42. The standard InChI is InChI=1S/C16H25N3O/c1-13(2)19-9-7-15(12-19)11-18-16(20)6-5-14-4-3-8-17-10-14/h3-4,8,10,13,15H,5-7,9,11-12H2,1-2H3,(H,18,20)/t15-/m1/s1. The van der Waals surface area contributed by atoms with Crippen molar-refractivity contribution in [3.8, 4) is 0 Å². The zero-order valence-corrected chi connectivity index (χ0v) is 12.5. The second-order valence-electron chi connectivity index (χ2n) is 5.91. The minimum absolute atomic E-state index is 0.150. The van der Waals surface area contributed by atoms with Crippen molar-refractivity contribution in [1.29, 1.82) is 0 Å². The molecule has 110 valence electrons. The summed E-state index contributed by atoms with van der Waals surface area (Å²) in [6.07, 6.45) is 6.09. The molecule has 1 N–H and O–H groups in total. The maximum atomic E-state index is 11.8. The number of pyridine rings is 1. The third kappa shape index (κ3) is 4.60. The average molecular weight is 275 g/mol. The molecule has 0 saturated carbocycles. The van der Waals surface area contributed by atoms with Gasteiger partial charge in [-0.25, -0.2) is 0 Å². The van der Waals surface area contributed by atoms with Crippen LogP contribution in [0.2, 0.25) is 0 Å². The highest BCUT2D eigenvalue weighted by atomic mass is 16.1. The van der Waals surface area contributed by atoms with Gasteiger partial charge in [0.25, 0.3) is 0 Å². The highest BCUT2D eigenvalue weighted by molar-refractivity contribution is 5.76. The van der Waals surface area contributed by atoms with Crippen LogP contribution < -0.4 is 5.32 Å². The largest absolute Gasteiger partial charge is 0.356 e. The molecule has 0 aromatic carbocycles. The summed E-state index contributed by atoms with van der Waals surface area (Å²) in [6.45, 7) is 7.55. The lowest BCUT2D eigenvalue weighted by Crippen LogP contribution is -2.33. The molecule has 1 aliphatic heterocycles. The van der Waals surface area contributed by atoms with Gasteiger partial charge in [-0.05, 0) is 50.8 Å². The highest BCUT2D eigenvalue weighted by Crippen LogP contribution is 2.17. The van der Waals surface area contributed by atoms with Gasteiger partial charge in [-0.15, -0.1) is 0 Å². The fraction of sp³-hybridized carbons (Fsp3) is 0.625. The molecule has 0 unspecified atom stereocenters. The van der Waals surface area contributed by atoms with E-state index >= 15 is 0 Å². The Morgan fingerprint density at radius 2 is 2.40 bits per heavy atom. The summed E-state index contributed by atoms with van der Waals surface area (Å²) in [7, 11) is 0. The molecular weight excluding hydrogens is 250 g/mol. The number of carbonyl (C=O) groups excluding carboxylic acids is 1. The van der Waals surface area contributed by atoms with Crippen LogP contribution in [-0.4, -0.2) is 41.5 Å². The molecule has 1 aromatic rings. The summed E-state index contributed by atoms with van der Waals surface area (Å²) in [5, 5.41) is 3.07. The van der Waals surface area contributed by atoms with E-state index in [0.29, 0.717) is 18.4 Å². The Morgan fingerprint density at radius 1 is 1.55 bits per heavy atom. The molecular formula is C16H25N3O. The van der Waals surface area contributed by atoms with E-state index in [-0.39, 0.29) is 5.91 Å². The number of aromatic nitrogens is 1. The fourth-order valence-electron chi connectivity index (χ4n) is 2.65. The molecule has 2 rings (SSSR count). The van der Waals surface area contributed by atoms with Gasteiger partial charge in [0.05, 0.1) is 0 Å². The number of hydrogen-bond donors (Lipinski definition) is 1. The lowest BCUT2D eigenvalue weighted by molar-refractivity contribution is -0.121. The van der Waals surface area contributed by atoms with Gasteiger partial charge >= 0.3 is 0 Å². The first-order valence-electron chi connectivity index (χ1n) is 7.55. The van der Waals surface area contributed by atoms with Crippen molar-refractivity contribution in [2.24, 2.45) is 5.92 Å². The van der Waals surface area contributed by atoms with Crippen LogP contribution in [0, 0.1) is 5.92 Å². The van der Waals surface area contributed by atoms with Crippen LogP contribution in [0.5, 0.6) is 0 Å². The molecule has 4 heteroatoms. The number of rotatable bonds is 6. The Bertz CT molecular complexity index is 419. The van der Waals surface area contributed by atoms with Crippen molar-refractivity contribution in [1.82, 2.24) is 15.2 Å². The van der Waals surface area contributed by atoms with E-state index < -0.39 is 0 Å².